The van der Waals surface area contributed by atoms with Crippen molar-refractivity contribution in [1.82, 2.24) is 4.31 Å². The van der Waals surface area contributed by atoms with E-state index >= 15 is 0 Å². The maximum atomic E-state index is 14.2. The van der Waals surface area contributed by atoms with Crippen LogP contribution in [-0.2, 0) is 10.0 Å². The maximum absolute atomic E-state index is 14.2. The van der Waals surface area contributed by atoms with Gasteiger partial charge >= 0.3 is 0 Å². The molecular weight excluding hydrogens is 462 g/mol. The Hall–Kier alpha value is -3.21. The number of benzene rings is 4. The largest absolute Gasteiger partial charge is 0.243 e. The molecule has 184 valence electrons. The van der Waals surface area contributed by atoms with Gasteiger partial charge in [-0.1, -0.05) is 116 Å². The van der Waals surface area contributed by atoms with Gasteiger partial charge < -0.3 is 0 Å². The first-order chi connectivity index (χ1) is 17.5. The van der Waals surface area contributed by atoms with E-state index in [1.54, 1.807) is 16.4 Å². The monoisotopic (exact) mass is 495 g/mol. The molecule has 36 heavy (non-hydrogen) atoms. The van der Waals surface area contributed by atoms with E-state index in [2.05, 4.69) is 67.6 Å². The first kappa shape index (κ1) is 24.5. The van der Waals surface area contributed by atoms with Crippen molar-refractivity contribution in [3.8, 4) is 0 Å². The number of rotatable bonds is 7. The third kappa shape index (κ3) is 4.63. The van der Waals surface area contributed by atoms with Crippen LogP contribution in [0.4, 0.5) is 0 Å². The van der Waals surface area contributed by atoms with Crippen LogP contribution in [0.3, 0.4) is 0 Å². The summed E-state index contributed by atoms with van der Waals surface area (Å²) >= 11 is 0. The minimum absolute atomic E-state index is 0.0711. The average Bonchev–Trinajstić information content (AvgIpc) is 3.32. The lowest BCUT2D eigenvalue weighted by Gasteiger charge is -2.34. The van der Waals surface area contributed by atoms with E-state index in [4.69, 9.17) is 0 Å². The van der Waals surface area contributed by atoms with E-state index < -0.39 is 10.0 Å². The summed E-state index contributed by atoms with van der Waals surface area (Å²) in [6.45, 7) is 4.65. The standard InChI is InChI=1S/C32H33NO2S/c1-3-29(25-13-7-4-8-14-25)31-30(26-15-9-5-10-16-26)23-33(32(31)27-17-11-6-12-18-27)36(34,35)28-21-19-24(2)20-22-28/h4-22,29-32H,3,23H2,1-2H3/t29-,30+,31+,32+/m0/s1. The van der Waals surface area contributed by atoms with Crippen LogP contribution < -0.4 is 0 Å². The van der Waals surface area contributed by atoms with Crippen molar-refractivity contribution < 1.29 is 8.42 Å². The van der Waals surface area contributed by atoms with E-state index in [1.165, 1.54) is 11.1 Å². The van der Waals surface area contributed by atoms with Gasteiger partial charge in [0.25, 0.3) is 0 Å². The smallest absolute Gasteiger partial charge is 0.207 e. The zero-order valence-electron chi connectivity index (χ0n) is 20.9. The molecule has 0 unspecified atom stereocenters. The SMILES string of the molecule is CC[C@@H](c1ccccc1)[C@@H]1[C@@H](c2ccccc2)CN(S(=O)(=O)c2ccc(C)cc2)[C@@H]1c1ccccc1. The summed E-state index contributed by atoms with van der Waals surface area (Å²) < 4.78 is 30.2. The van der Waals surface area contributed by atoms with Gasteiger partial charge in [-0.15, -0.1) is 0 Å². The molecule has 0 saturated carbocycles. The van der Waals surface area contributed by atoms with Crippen molar-refractivity contribution in [1.29, 1.82) is 0 Å². The predicted molar refractivity (Wildman–Crippen MR) is 146 cm³/mol. The molecule has 0 amide bonds. The van der Waals surface area contributed by atoms with Crippen molar-refractivity contribution in [2.45, 2.75) is 43.0 Å². The molecule has 0 N–H and O–H groups in total. The summed E-state index contributed by atoms with van der Waals surface area (Å²) in [5.74, 6) is 0.365. The van der Waals surface area contributed by atoms with Crippen LogP contribution in [0.15, 0.2) is 120 Å². The van der Waals surface area contributed by atoms with E-state index in [0.29, 0.717) is 11.4 Å². The molecule has 1 heterocycles. The Morgan fingerprint density at radius 3 is 1.83 bits per heavy atom. The molecule has 1 aliphatic rings. The molecule has 1 saturated heterocycles. The van der Waals surface area contributed by atoms with Crippen molar-refractivity contribution in [2.75, 3.05) is 6.54 Å². The van der Waals surface area contributed by atoms with Gasteiger partial charge in [0.1, 0.15) is 0 Å². The molecule has 0 radical (unpaired) electrons. The Morgan fingerprint density at radius 2 is 1.28 bits per heavy atom. The normalized spacial score (nSPS) is 21.3. The summed E-state index contributed by atoms with van der Waals surface area (Å²) in [6.07, 6.45) is 0.930. The highest BCUT2D eigenvalue weighted by atomic mass is 32.2. The van der Waals surface area contributed by atoms with Gasteiger partial charge in [0.05, 0.1) is 10.9 Å². The Balaban J connectivity index is 1.71. The molecule has 1 aliphatic heterocycles. The van der Waals surface area contributed by atoms with Gasteiger partial charge in [-0.2, -0.15) is 4.31 Å². The van der Waals surface area contributed by atoms with Gasteiger partial charge in [0.15, 0.2) is 0 Å². The lowest BCUT2D eigenvalue weighted by Crippen LogP contribution is -2.33. The fourth-order valence-corrected chi connectivity index (χ4v) is 7.60. The fourth-order valence-electron chi connectivity index (χ4n) is 5.93. The summed E-state index contributed by atoms with van der Waals surface area (Å²) in [6, 6.07) is 38.2. The van der Waals surface area contributed by atoms with Crippen LogP contribution in [0.5, 0.6) is 0 Å². The summed E-state index contributed by atoms with van der Waals surface area (Å²) in [5, 5.41) is 0. The third-order valence-corrected chi connectivity index (χ3v) is 9.51. The lowest BCUT2D eigenvalue weighted by molar-refractivity contribution is 0.295. The van der Waals surface area contributed by atoms with Gasteiger partial charge in [-0.25, -0.2) is 8.42 Å². The van der Waals surface area contributed by atoms with Crippen LogP contribution in [0.25, 0.3) is 0 Å². The van der Waals surface area contributed by atoms with Crippen LogP contribution >= 0.6 is 0 Å². The quantitative estimate of drug-likeness (QED) is 0.269. The molecule has 4 heteroatoms. The predicted octanol–water partition coefficient (Wildman–Crippen LogP) is 7.33. The van der Waals surface area contributed by atoms with Crippen LogP contribution in [0, 0.1) is 12.8 Å². The number of aryl methyl sites for hydroxylation is 1. The zero-order valence-corrected chi connectivity index (χ0v) is 21.7. The second-order valence-corrected chi connectivity index (χ2v) is 11.7. The number of sulfonamides is 1. The number of nitrogens with zero attached hydrogens (tertiary/aromatic N) is 1. The minimum Gasteiger partial charge on any atom is -0.207 e. The first-order valence-electron chi connectivity index (χ1n) is 12.7. The summed E-state index contributed by atoms with van der Waals surface area (Å²) in [4.78, 5) is 0.356. The Kier molecular flexibility index (Phi) is 7.08. The highest BCUT2D eigenvalue weighted by Gasteiger charge is 2.51. The molecule has 0 aromatic heterocycles. The summed E-state index contributed by atoms with van der Waals surface area (Å²) in [5.41, 5.74) is 4.55. The Morgan fingerprint density at radius 1 is 0.750 bits per heavy atom. The second-order valence-electron chi connectivity index (χ2n) is 9.76. The second kappa shape index (κ2) is 10.4. The van der Waals surface area contributed by atoms with Gasteiger partial charge in [-0.05, 0) is 54.0 Å². The van der Waals surface area contributed by atoms with E-state index in [1.807, 2.05) is 49.4 Å². The molecule has 4 aromatic rings. The molecule has 4 atom stereocenters. The van der Waals surface area contributed by atoms with Gasteiger partial charge in [0, 0.05) is 12.5 Å². The molecule has 5 rings (SSSR count). The van der Waals surface area contributed by atoms with Crippen molar-refractivity contribution >= 4 is 10.0 Å². The number of hydrogen-bond donors (Lipinski definition) is 0. The van der Waals surface area contributed by atoms with Gasteiger partial charge in [-0.3, -0.25) is 0 Å². The lowest BCUT2D eigenvalue weighted by atomic mass is 9.71. The first-order valence-corrected chi connectivity index (χ1v) is 14.2. The highest BCUT2D eigenvalue weighted by Crippen LogP contribution is 2.54. The average molecular weight is 496 g/mol. The van der Waals surface area contributed by atoms with Gasteiger partial charge in [0.2, 0.25) is 10.0 Å². The topological polar surface area (TPSA) is 37.4 Å². The molecule has 3 nitrogen and oxygen atoms in total. The van der Waals surface area contributed by atoms with E-state index in [-0.39, 0.29) is 23.8 Å². The van der Waals surface area contributed by atoms with E-state index in [9.17, 15) is 8.42 Å². The third-order valence-electron chi connectivity index (χ3n) is 7.64. The van der Waals surface area contributed by atoms with E-state index in [0.717, 1.165) is 17.5 Å². The molecule has 0 aliphatic carbocycles. The maximum Gasteiger partial charge on any atom is 0.243 e. The zero-order chi connectivity index (χ0) is 25.1. The fraction of sp³-hybridized carbons (Fsp3) is 0.250. The Labute approximate surface area is 215 Å². The molecule has 0 bridgehead atoms. The molecule has 4 aromatic carbocycles. The van der Waals surface area contributed by atoms with Crippen LogP contribution in [0.2, 0.25) is 0 Å². The minimum atomic E-state index is -3.72. The van der Waals surface area contributed by atoms with Crippen molar-refractivity contribution in [3.05, 3.63) is 138 Å². The van der Waals surface area contributed by atoms with Crippen LogP contribution in [-0.4, -0.2) is 19.3 Å². The van der Waals surface area contributed by atoms with Crippen LogP contribution in [0.1, 0.15) is 53.5 Å². The van der Waals surface area contributed by atoms with Crippen molar-refractivity contribution in [2.24, 2.45) is 5.92 Å². The molecule has 0 spiro atoms. The highest BCUT2D eigenvalue weighted by molar-refractivity contribution is 7.89. The van der Waals surface area contributed by atoms with Crippen molar-refractivity contribution in [3.63, 3.8) is 0 Å². The Bertz CT molecular complexity index is 1370. The molecule has 1 fully saturated rings. The molecular formula is C32H33NO2S. The summed E-state index contributed by atoms with van der Waals surface area (Å²) in [7, 11) is -3.72. The number of hydrogen-bond acceptors (Lipinski definition) is 2.